The van der Waals surface area contributed by atoms with E-state index in [1.54, 1.807) is 0 Å². The minimum absolute atomic E-state index is 0.926. The Kier molecular flexibility index (Phi) is 7.88. The molecule has 0 bridgehead atoms. The van der Waals surface area contributed by atoms with Crippen LogP contribution < -0.4 is 10.6 Å². The summed E-state index contributed by atoms with van der Waals surface area (Å²) in [7, 11) is 0. The first-order valence-corrected chi connectivity index (χ1v) is 9.56. The molecule has 4 aromatic carbocycles. The highest BCUT2D eigenvalue weighted by Gasteiger charge is 1.92. The van der Waals surface area contributed by atoms with Crippen molar-refractivity contribution in [2.45, 2.75) is 13.1 Å². The second-order valence-electron chi connectivity index (χ2n) is 6.43. The van der Waals surface area contributed by atoms with Gasteiger partial charge in [-0.1, -0.05) is 97.1 Å². The highest BCUT2D eigenvalue weighted by atomic mass is 14.9. The fourth-order valence-electron chi connectivity index (χ4n) is 2.75. The molecule has 140 valence electrons. The molecule has 0 fully saturated rings. The van der Waals surface area contributed by atoms with Gasteiger partial charge < -0.3 is 10.6 Å². The van der Waals surface area contributed by atoms with E-state index in [0.717, 1.165) is 24.5 Å². The average Bonchev–Trinajstić information content (AvgIpc) is 2.77. The van der Waals surface area contributed by atoms with Crippen molar-refractivity contribution in [1.29, 1.82) is 0 Å². The zero-order chi connectivity index (χ0) is 19.3. The van der Waals surface area contributed by atoms with Gasteiger partial charge in [0.25, 0.3) is 0 Å². The second-order valence-corrected chi connectivity index (χ2v) is 6.43. The molecule has 28 heavy (non-hydrogen) atoms. The molecule has 2 heteroatoms. The lowest BCUT2D eigenvalue weighted by atomic mass is 10.2. The lowest BCUT2D eigenvalue weighted by Gasteiger charge is -2.04. The zero-order valence-corrected chi connectivity index (χ0v) is 16.0. The maximum atomic E-state index is 3.42. The van der Waals surface area contributed by atoms with E-state index in [2.05, 4.69) is 59.2 Å². The summed E-state index contributed by atoms with van der Waals surface area (Å²) >= 11 is 0. The number of hydrogen-bond donors (Lipinski definition) is 2. The quantitative estimate of drug-likeness (QED) is 0.412. The monoisotopic (exact) mass is 366 g/mol. The van der Waals surface area contributed by atoms with Crippen molar-refractivity contribution in [1.82, 2.24) is 5.32 Å². The van der Waals surface area contributed by atoms with Gasteiger partial charge in [0.2, 0.25) is 0 Å². The summed E-state index contributed by atoms with van der Waals surface area (Å²) in [4.78, 5) is 0. The van der Waals surface area contributed by atoms with Crippen LogP contribution in [0, 0.1) is 0 Å². The largest absolute Gasteiger partial charge is 0.356 e. The van der Waals surface area contributed by atoms with Gasteiger partial charge in [-0.05, 0) is 35.4 Å². The van der Waals surface area contributed by atoms with Crippen LogP contribution in [0.3, 0.4) is 0 Å². The summed E-state index contributed by atoms with van der Waals surface area (Å²) in [6, 6.07) is 41.2. The number of anilines is 2. The van der Waals surface area contributed by atoms with Gasteiger partial charge in [-0.3, -0.25) is 0 Å². The number of hydrogen-bond acceptors (Lipinski definition) is 2. The van der Waals surface area contributed by atoms with E-state index in [1.807, 2.05) is 72.8 Å². The van der Waals surface area contributed by atoms with E-state index in [1.165, 1.54) is 11.1 Å². The Balaban J connectivity index is 0.000000162. The van der Waals surface area contributed by atoms with Crippen molar-refractivity contribution in [2.75, 3.05) is 5.32 Å². The third-order valence-corrected chi connectivity index (χ3v) is 4.18. The maximum Gasteiger partial charge on any atom is 0.0384 e. The SMILES string of the molecule is c1ccc(CNCc2ccccc2)cc1.c1ccc(Nc2ccccc2)cc1. The Morgan fingerprint density at radius 1 is 0.393 bits per heavy atom. The van der Waals surface area contributed by atoms with Crippen LogP contribution in [0.2, 0.25) is 0 Å². The molecule has 0 atom stereocenters. The molecule has 2 nitrogen and oxygen atoms in total. The Morgan fingerprint density at radius 2 is 0.714 bits per heavy atom. The standard InChI is InChI=1S/C14H15N.C12H11N/c1-3-7-13(8-4-1)11-15-12-14-9-5-2-6-10-14;1-3-7-11(8-4-1)13-12-9-5-2-6-10-12/h1-10,15H,11-12H2;1-10,13H. The fraction of sp³-hybridized carbons (Fsp3) is 0.0769. The van der Waals surface area contributed by atoms with Crippen LogP contribution in [0.5, 0.6) is 0 Å². The first-order valence-electron chi connectivity index (χ1n) is 9.56. The highest BCUT2D eigenvalue weighted by Crippen LogP contribution is 2.14. The van der Waals surface area contributed by atoms with Crippen LogP contribution in [0.15, 0.2) is 121 Å². The number of benzene rings is 4. The van der Waals surface area contributed by atoms with Crippen LogP contribution >= 0.6 is 0 Å². The molecule has 4 rings (SSSR count). The van der Waals surface area contributed by atoms with Crippen molar-refractivity contribution in [3.63, 3.8) is 0 Å². The summed E-state index contributed by atoms with van der Waals surface area (Å²) in [5, 5.41) is 6.72. The molecule has 0 amide bonds. The molecule has 0 saturated carbocycles. The lowest BCUT2D eigenvalue weighted by Crippen LogP contribution is -2.12. The van der Waals surface area contributed by atoms with E-state index in [4.69, 9.17) is 0 Å². The number of nitrogens with one attached hydrogen (secondary N) is 2. The average molecular weight is 367 g/mol. The Labute approximate surface area is 167 Å². The van der Waals surface area contributed by atoms with E-state index in [0.29, 0.717) is 0 Å². The predicted octanol–water partition coefficient (Wildman–Crippen LogP) is 6.41. The molecule has 0 heterocycles. The molecule has 0 aliphatic heterocycles. The topological polar surface area (TPSA) is 24.1 Å². The third kappa shape index (κ3) is 7.10. The minimum Gasteiger partial charge on any atom is -0.356 e. The second kappa shape index (κ2) is 11.4. The molecule has 0 aromatic heterocycles. The van der Waals surface area contributed by atoms with Crippen LogP contribution in [0.1, 0.15) is 11.1 Å². The van der Waals surface area contributed by atoms with Crippen LogP contribution in [0.4, 0.5) is 11.4 Å². The molecule has 0 aliphatic rings. The predicted molar refractivity (Wildman–Crippen MR) is 120 cm³/mol. The third-order valence-electron chi connectivity index (χ3n) is 4.18. The van der Waals surface area contributed by atoms with Gasteiger partial charge in [0.05, 0.1) is 0 Å². The zero-order valence-electron chi connectivity index (χ0n) is 16.0. The van der Waals surface area contributed by atoms with Crippen LogP contribution in [-0.2, 0) is 13.1 Å². The summed E-state index contributed by atoms with van der Waals surface area (Å²) in [5.41, 5.74) is 4.89. The van der Waals surface area contributed by atoms with Crippen LogP contribution in [-0.4, -0.2) is 0 Å². The van der Waals surface area contributed by atoms with Gasteiger partial charge in [0.15, 0.2) is 0 Å². The lowest BCUT2D eigenvalue weighted by molar-refractivity contribution is 0.693. The molecule has 0 aliphatic carbocycles. The molecular weight excluding hydrogens is 340 g/mol. The maximum absolute atomic E-state index is 3.42. The Bertz CT molecular complexity index is 815. The fourth-order valence-corrected chi connectivity index (χ4v) is 2.75. The van der Waals surface area contributed by atoms with Crippen molar-refractivity contribution in [3.8, 4) is 0 Å². The van der Waals surface area contributed by atoms with Crippen molar-refractivity contribution in [2.24, 2.45) is 0 Å². The van der Waals surface area contributed by atoms with Crippen molar-refractivity contribution in [3.05, 3.63) is 132 Å². The van der Waals surface area contributed by atoms with Crippen LogP contribution in [0.25, 0.3) is 0 Å². The van der Waals surface area contributed by atoms with E-state index < -0.39 is 0 Å². The van der Waals surface area contributed by atoms with Gasteiger partial charge in [-0.2, -0.15) is 0 Å². The van der Waals surface area contributed by atoms with Gasteiger partial charge in [-0.15, -0.1) is 0 Å². The highest BCUT2D eigenvalue weighted by molar-refractivity contribution is 5.58. The molecule has 2 N–H and O–H groups in total. The van der Waals surface area contributed by atoms with Gasteiger partial charge in [-0.25, -0.2) is 0 Å². The first kappa shape index (κ1) is 19.4. The summed E-state index contributed by atoms with van der Waals surface area (Å²) in [6.07, 6.45) is 0. The molecule has 0 unspecified atom stereocenters. The van der Waals surface area contributed by atoms with Crippen molar-refractivity contribution >= 4 is 11.4 Å². The van der Waals surface area contributed by atoms with Gasteiger partial charge in [0.1, 0.15) is 0 Å². The van der Waals surface area contributed by atoms with Crippen molar-refractivity contribution < 1.29 is 0 Å². The first-order chi connectivity index (χ1) is 13.9. The smallest absolute Gasteiger partial charge is 0.0384 e. The van der Waals surface area contributed by atoms with E-state index in [-0.39, 0.29) is 0 Å². The minimum atomic E-state index is 0.926. The van der Waals surface area contributed by atoms with Gasteiger partial charge >= 0.3 is 0 Å². The molecule has 0 spiro atoms. The normalized spacial score (nSPS) is 9.86. The summed E-state index contributed by atoms with van der Waals surface area (Å²) < 4.78 is 0. The number of para-hydroxylation sites is 2. The molecule has 4 aromatic rings. The van der Waals surface area contributed by atoms with Gasteiger partial charge in [0, 0.05) is 24.5 Å². The number of rotatable bonds is 6. The van der Waals surface area contributed by atoms with E-state index >= 15 is 0 Å². The Hall–Kier alpha value is -3.36. The molecular formula is C26H26N2. The Morgan fingerprint density at radius 3 is 1.07 bits per heavy atom. The summed E-state index contributed by atoms with van der Waals surface area (Å²) in [5.74, 6) is 0. The summed E-state index contributed by atoms with van der Waals surface area (Å²) in [6.45, 7) is 1.85. The van der Waals surface area contributed by atoms with E-state index in [9.17, 15) is 0 Å². The molecule has 0 radical (unpaired) electrons. The molecule has 0 saturated heterocycles.